The van der Waals surface area contributed by atoms with Crippen molar-refractivity contribution in [2.75, 3.05) is 0 Å². The molecule has 0 spiro atoms. The highest BCUT2D eigenvalue weighted by Crippen LogP contribution is 2.28. The summed E-state index contributed by atoms with van der Waals surface area (Å²) in [5, 5.41) is 13.4. The van der Waals surface area contributed by atoms with E-state index in [0.29, 0.717) is 0 Å². The fourth-order valence-electron chi connectivity index (χ4n) is 2.78. The molecule has 5 atom stereocenters. The molecular formula is C18H23N3O7. The van der Waals surface area contributed by atoms with Crippen LogP contribution in [0.15, 0.2) is 35.6 Å². The molecule has 1 saturated heterocycles. The molecule has 2 rings (SSSR count). The monoisotopic (exact) mass is 393 g/mol. The molecular weight excluding hydrogens is 370 g/mol. The Morgan fingerprint density at radius 2 is 1.93 bits per heavy atom. The average molecular weight is 393 g/mol. The van der Waals surface area contributed by atoms with Crippen molar-refractivity contribution < 1.29 is 33.7 Å². The standard InChI is InChI=1S/C18H23N3O7/c1-11(22)8-9-14(23)27-17-16(25-10-13-6-4-3-5-7-13)15(28-21-20-19)12(2)26-18(17)24/h3-7,12,15-18,24H,8-10H2,1-2H3/t12-,15-,16+,17-,18+/m1/s1. The Hall–Kier alpha value is -2.65. The first-order chi connectivity index (χ1) is 13.4. The zero-order valence-corrected chi connectivity index (χ0v) is 15.6. The van der Waals surface area contributed by atoms with Crippen molar-refractivity contribution in [3.05, 3.63) is 46.3 Å². The van der Waals surface area contributed by atoms with Crippen LogP contribution < -0.4 is 0 Å². The average Bonchev–Trinajstić information content (AvgIpc) is 2.67. The molecule has 0 bridgehead atoms. The molecule has 28 heavy (non-hydrogen) atoms. The van der Waals surface area contributed by atoms with Crippen LogP contribution in [-0.2, 0) is 35.2 Å². The first-order valence-electron chi connectivity index (χ1n) is 8.80. The van der Waals surface area contributed by atoms with Gasteiger partial charge in [0.05, 0.1) is 19.1 Å². The normalized spacial score (nSPS) is 26.8. The van der Waals surface area contributed by atoms with Crippen LogP contribution in [0.3, 0.4) is 0 Å². The van der Waals surface area contributed by atoms with Crippen LogP contribution in [-0.4, -0.2) is 47.6 Å². The third-order valence-corrected chi connectivity index (χ3v) is 4.18. The van der Waals surface area contributed by atoms with Gasteiger partial charge in [-0.1, -0.05) is 30.3 Å². The van der Waals surface area contributed by atoms with E-state index in [2.05, 4.69) is 10.2 Å². The van der Waals surface area contributed by atoms with Gasteiger partial charge in [-0.05, 0) is 24.9 Å². The molecule has 0 aliphatic carbocycles. The number of benzene rings is 1. The van der Waals surface area contributed by atoms with E-state index in [0.717, 1.165) is 5.56 Å². The van der Waals surface area contributed by atoms with Gasteiger partial charge in [-0.15, -0.1) is 0 Å². The number of carbonyl (C=O) groups is 2. The molecule has 0 radical (unpaired) electrons. The molecule has 10 nitrogen and oxygen atoms in total. The van der Waals surface area contributed by atoms with Crippen molar-refractivity contribution in [3.8, 4) is 0 Å². The third-order valence-electron chi connectivity index (χ3n) is 4.18. The molecule has 1 aliphatic heterocycles. The van der Waals surface area contributed by atoms with E-state index in [1.807, 2.05) is 30.3 Å². The van der Waals surface area contributed by atoms with E-state index in [4.69, 9.17) is 24.6 Å². The number of rotatable bonds is 9. The first-order valence-corrected chi connectivity index (χ1v) is 8.80. The van der Waals surface area contributed by atoms with Gasteiger partial charge in [-0.25, -0.2) is 0 Å². The van der Waals surface area contributed by atoms with Crippen LogP contribution in [0.4, 0.5) is 0 Å². The van der Waals surface area contributed by atoms with Crippen molar-refractivity contribution in [2.24, 2.45) is 5.28 Å². The summed E-state index contributed by atoms with van der Waals surface area (Å²) >= 11 is 0. The predicted molar refractivity (Wildman–Crippen MR) is 95.4 cm³/mol. The van der Waals surface area contributed by atoms with Crippen LogP contribution in [0.1, 0.15) is 32.3 Å². The Balaban J connectivity index is 2.16. The number of ether oxygens (including phenoxy) is 3. The van der Waals surface area contributed by atoms with E-state index in [-0.39, 0.29) is 25.2 Å². The Kier molecular flexibility index (Phi) is 8.21. The predicted octanol–water partition coefficient (Wildman–Crippen LogP) is 2.20. The number of hydrogen-bond acceptors (Lipinski definition) is 8. The second-order valence-corrected chi connectivity index (χ2v) is 6.39. The van der Waals surface area contributed by atoms with Crippen LogP contribution >= 0.6 is 0 Å². The Morgan fingerprint density at radius 1 is 1.21 bits per heavy atom. The highest BCUT2D eigenvalue weighted by atomic mass is 16.7. The number of azide groups is 1. The van der Waals surface area contributed by atoms with Crippen LogP contribution in [0.25, 0.3) is 10.4 Å². The largest absolute Gasteiger partial charge is 0.454 e. The molecule has 1 heterocycles. The van der Waals surface area contributed by atoms with Gasteiger partial charge in [-0.2, -0.15) is 0 Å². The molecule has 1 aromatic carbocycles. The second-order valence-electron chi connectivity index (χ2n) is 6.39. The van der Waals surface area contributed by atoms with Crippen molar-refractivity contribution >= 4 is 11.8 Å². The lowest BCUT2D eigenvalue weighted by Crippen LogP contribution is -2.59. The summed E-state index contributed by atoms with van der Waals surface area (Å²) in [6, 6.07) is 9.23. The minimum Gasteiger partial charge on any atom is -0.454 e. The number of aliphatic hydroxyl groups is 1. The van der Waals surface area contributed by atoms with E-state index >= 15 is 0 Å². The molecule has 1 fully saturated rings. The number of nitrogens with zero attached hydrogens (tertiary/aromatic N) is 3. The lowest BCUT2D eigenvalue weighted by Gasteiger charge is -2.42. The van der Waals surface area contributed by atoms with E-state index in [9.17, 15) is 14.7 Å². The smallest absolute Gasteiger partial charge is 0.306 e. The molecule has 0 aromatic heterocycles. The SMILES string of the molecule is CC(=O)CCC(=O)O[C@@H]1[C@@H](OCc2ccccc2)[C@H](ON=[N+]=[N-])[C@@H](C)O[C@@H]1O. The lowest BCUT2D eigenvalue weighted by molar-refractivity contribution is -0.299. The molecule has 0 saturated carbocycles. The summed E-state index contributed by atoms with van der Waals surface area (Å²) in [5.74, 6) is -0.847. The summed E-state index contributed by atoms with van der Waals surface area (Å²) in [6.45, 7) is 3.11. The van der Waals surface area contributed by atoms with Gasteiger partial charge < -0.3 is 28.9 Å². The molecule has 1 N–H and O–H groups in total. The van der Waals surface area contributed by atoms with Gasteiger partial charge in [-0.3, -0.25) is 4.79 Å². The topological polar surface area (TPSA) is 140 Å². The van der Waals surface area contributed by atoms with Gasteiger partial charge >= 0.3 is 5.97 Å². The quantitative estimate of drug-likeness (QED) is 0.223. The number of aliphatic hydroxyl groups excluding tert-OH is 1. The van der Waals surface area contributed by atoms with E-state index in [1.54, 1.807) is 6.92 Å². The number of carbonyl (C=O) groups excluding carboxylic acids is 2. The van der Waals surface area contributed by atoms with Crippen molar-refractivity contribution in [1.82, 2.24) is 0 Å². The summed E-state index contributed by atoms with van der Waals surface area (Å²) in [4.78, 5) is 30.8. The molecule has 1 aliphatic rings. The molecule has 10 heteroatoms. The fraction of sp³-hybridized carbons (Fsp3) is 0.556. The number of hydrogen-bond donors (Lipinski definition) is 1. The molecule has 1 aromatic rings. The fourth-order valence-corrected chi connectivity index (χ4v) is 2.78. The summed E-state index contributed by atoms with van der Waals surface area (Å²) in [5.41, 5.74) is 9.40. The van der Waals surface area contributed by atoms with Gasteiger partial charge in [0.1, 0.15) is 17.2 Å². The van der Waals surface area contributed by atoms with Gasteiger partial charge in [0.15, 0.2) is 18.5 Å². The third kappa shape index (κ3) is 6.21. The van der Waals surface area contributed by atoms with Crippen LogP contribution in [0.5, 0.6) is 0 Å². The van der Waals surface area contributed by atoms with Gasteiger partial charge in [0, 0.05) is 11.3 Å². The van der Waals surface area contributed by atoms with Crippen LogP contribution in [0.2, 0.25) is 0 Å². The van der Waals surface area contributed by atoms with Crippen LogP contribution in [0, 0.1) is 0 Å². The van der Waals surface area contributed by atoms with Crippen molar-refractivity contribution in [3.63, 3.8) is 0 Å². The Bertz CT molecular complexity index is 708. The van der Waals surface area contributed by atoms with Crippen molar-refractivity contribution in [1.29, 1.82) is 0 Å². The summed E-state index contributed by atoms with van der Waals surface area (Å²) in [6.07, 6.45) is -5.40. The van der Waals surface area contributed by atoms with Gasteiger partial charge in [0.2, 0.25) is 0 Å². The molecule has 152 valence electrons. The van der Waals surface area contributed by atoms with E-state index < -0.39 is 36.7 Å². The summed E-state index contributed by atoms with van der Waals surface area (Å²) < 4.78 is 16.5. The van der Waals surface area contributed by atoms with Crippen molar-refractivity contribution in [2.45, 2.75) is 64.0 Å². The highest BCUT2D eigenvalue weighted by Gasteiger charge is 2.48. The zero-order valence-electron chi connectivity index (χ0n) is 15.6. The summed E-state index contributed by atoms with van der Waals surface area (Å²) in [7, 11) is 0. The molecule has 0 unspecified atom stereocenters. The lowest BCUT2D eigenvalue weighted by atomic mass is 9.99. The Morgan fingerprint density at radius 3 is 2.57 bits per heavy atom. The first kappa shape index (κ1) is 21.6. The Labute approximate surface area is 161 Å². The number of Topliss-reactive ketones (excluding diaryl/α,β-unsaturated/α-hetero) is 1. The maximum Gasteiger partial charge on any atom is 0.306 e. The van der Waals surface area contributed by atoms with Gasteiger partial charge in [0.25, 0.3) is 0 Å². The zero-order chi connectivity index (χ0) is 20.5. The number of esters is 1. The molecule has 0 amide bonds. The maximum atomic E-state index is 12.1. The van der Waals surface area contributed by atoms with E-state index in [1.165, 1.54) is 6.92 Å². The highest BCUT2D eigenvalue weighted by molar-refractivity contribution is 5.81. The maximum absolute atomic E-state index is 12.1. The number of ketones is 1. The second kappa shape index (κ2) is 10.6. The minimum absolute atomic E-state index is 0.0209. The minimum atomic E-state index is -1.47.